The van der Waals surface area contributed by atoms with Gasteiger partial charge in [-0.15, -0.1) is 0 Å². The Labute approximate surface area is 194 Å². The first kappa shape index (κ1) is 23.1. The minimum atomic E-state index is -4.59. The fourth-order valence-corrected chi connectivity index (χ4v) is 3.62. The number of halogens is 3. The molecule has 1 aliphatic rings. The topological polar surface area (TPSA) is 62.3 Å². The van der Waals surface area contributed by atoms with Gasteiger partial charge >= 0.3 is 6.18 Å². The van der Waals surface area contributed by atoms with E-state index < -0.39 is 17.6 Å². The first-order valence-corrected chi connectivity index (χ1v) is 10.6. The number of hydrogen-bond acceptors (Lipinski definition) is 3. The minimum Gasteiger partial charge on any atom is -0.320 e. The van der Waals surface area contributed by atoms with Gasteiger partial charge < -0.3 is 10.2 Å². The monoisotopic (exact) mass is 463 g/mol. The minimum absolute atomic E-state index is 0.0707. The second-order valence-corrected chi connectivity index (χ2v) is 7.85. The zero-order valence-electron chi connectivity index (χ0n) is 18.2. The van der Waals surface area contributed by atoms with Crippen molar-refractivity contribution >= 4 is 23.2 Å². The summed E-state index contributed by atoms with van der Waals surface area (Å²) in [7, 11) is 0. The van der Waals surface area contributed by atoms with Crippen molar-refractivity contribution in [2.24, 2.45) is 0 Å². The van der Waals surface area contributed by atoms with E-state index in [4.69, 9.17) is 0 Å². The lowest BCUT2D eigenvalue weighted by molar-refractivity contribution is -0.137. The summed E-state index contributed by atoms with van der Waals surface area (Å²) in [5.41, 5.74) is 1.65. The number of carbonyl (C=O) groups excluding carboxylic acids is 2. The van der Waals surface area contributed by atoms with Crippen molar-refractivity contribution in [3.8, 4) is 11.8 Å². The summed E-state index contributed by atoms with van der Waals surface area (Å²) in [4.78, 5) is 30.6. The van der Waals surface area contributed by atoms with E-state index in [1.807, 2.05) is 6.92 Å². The summed E-state index contributed by atoms with van der Waals surface area (Å²) in [5.74, 6) is 5.19. The predicted molar refractivity (Wildman–Crippen MR) is 122 cm³/mol. The van der Waals surface area contributed by atoms with Crippen molar-refractivity contribution in [2.45, 2.75) is 25.9 Å². The summed E-state index contributed by atoms with van der Waals surface area (Å²) >= 11 is 0. The SMILES string of the molecule is Cc1ccc(C(=O)Nc2cc(C(F)(F)F)ccc2N2CCCC2=O)cc1C#Cc1cccnc1. The molecule has 1 aliphatic heterocycles. The molecule has 0 atom stereocenters. The molecule has 1 aromatic heterocycles. The van der Waals surface area contributed by atoms with E-state index in [0.29, 0.717) is 30.5 Å². The van der Waals surface area contributed by atoms with Crippen LogP contribution in [0.25, 0.3) is 0 Å². The lowest BCUT2D eigenvalue weighted by atomic mass is 10.0. The molecule has 1 saturated heterocycles. The van der Waals surface area contributed by atoms with Gasteiger partial charge in [0.2, 0.25) is 5.91 Å². The molecule has 1 N–H and O–H groups in total. The maximum absolute atomic E-state index is 13.3. The first-order chi connectivity index (χ1) is 16.2. The smallest absolute Gasteiger partial charge is 0.320 e. The second-order valence-electron chi connectivity index (χ2n) is 7.85. The average molecular weight is 463 g/mol. The van der Waals surface area contributed by atoms with Gasteiger partial charge in [-0.05, 0) is 61.4 Å². The van der Waals surface area contributed by atoms with Crippen LogP contribution in [-0.2, 0) is 11.0 Å². The number of benzene rings is 2. The molecular weight excluding hydrogens is 443 g/mol. The number of amides is 2. The van der Waals surface area contributed by atoms with Crippen LogP contribution in [0.1, 0.15) is 45.5 Å². The summed E-state index contributed by atoms with van der Waals surface area (Å²) in [6.45, 7) is 2.23. The third-order valence-electron chi connectivity index (χ3n) is 5.44. The molecular formula is C26H20F3N3O2. The number of nitrogens with one attached hydrogen (secondary N) is 1. The van der Waals surface area contributed by atoms with Gasteiger partial charge in [-0.2, -0.15) is 13.2 Å². The highest BCUT2D eigenvalue weighted by atomic mass is 19.4. The first-order valence-electron chi connectivity index (χ1n) is 10.6. The van der Waals surface area contributed by atoms with Crippen LogP contribution in [0.4, 0.5) is 24.5 Å². The van der Waals surface area contributed by atoms with Crippen molar-refractivity contribution in [3.63, 3.8) is 0 Å². The largest absolute Gasteiger partial charge is 0.416 e. The van der Waals surface area contributed by atoms with Crippen molar-refractivity contribution in [3.05, 3.63) is 88.7 Å². The third kappa shape index (κ3) is 5.09. The normalized spacial score (nSPS) is 13.4. The summed E-state index contributed by atoms with van der Waals surface area (Å²) in [5, 5.41) is 2.57. The molecule has 8 heteroatoms. The number of nitrogens with zero attached hydrogens (tertiary/aromatic N) is 2. The lowest BCUT2D eigenvalue weighted by Crippen LogP contribution is -2.26. The van der Waals surface area contributed by atoms with Gasteiger partial charge in [-0.3, -0.25) is 14.6 Å². The molecule has 0 bridgehead atoms. The average Bonchev–Trinajstić information content (AvgIpc) is 3.24. The van der Waals surface area contributed by atoms with Gasteiger partial charge in [-0.1, -0.05) is 17.9 Å². The van der Waals surface area contributed by atoms with Crippen LogP contribution >= 0.6 is 0 Å². The van der Waals surface area contributed by atoms with E-state index in [9.17, 15) is 22.8 Å². The highest BCUT2D eigenvalue weighted by Gasteiger charge is 2.33. The molecule has 172 valence electrons. The van der Waals surface area contributed by atoms with Gasteiger partial charge in [0.25, 0.3) is 5.91 Å². The number of alkyl halides is 3. The summed E-state index contributed by atoms with van der Waals surface area (Å²) < 4.78 is 40.0. The molecule has 0 aliphatic carbocycles. The fraction of sp³-hybridized carbons (Fsp3) is 0.192. The Morgan fingerprint density at radius 3 is 2.62 bits per heavy atom. The predicted octanol–water partition coefficient (Wildman–Crippen LogP) is 5.19. The molecule has 0 spiro atoms. The quantitative estimate of drug-likeness (QED) is 0.544. The number of aromatic nitrogens is 1. The number of pyridine rings is 1. The highest BCUT2D eigenvalue weighted by Crippen LogP contribution is 2.37. The lowest BCUT2D eigenvalue weighted by Gasteiger charge is -2.21. The maximum atomic E-state index is 13.3. The Morgan fingerprint density at radius 1 is 1.12 bits per heavy atom. The van der Waals surface area contributed by atoms with Gasteiger partial charge in [0.15, 0.2) is 0 Å². The standard InChI is InChI=1S/C26H20F3N3O2/c1-17-6-8-20(14-19(17)9-7-18-4-2-12-30-16-18)25(34)31-22-15-21(26(27,28)29)10-11-23(22)32-13-3-5-24(32)33/h2,4,6,8,10-12,14-16H,3,5,13H2,1H3,(H,31,34). The molecule has 4 rings (SSSR count). The fourth-order valence-electron chi connectivity index (χ4n) is 3.62. The molecule has 34 heavy (non-hydrogen) atoms. The van der Waals surface area contributed by atoms with E-state index >= 15 is 0 Å². The van der Waals surface area contributed by atoms with E-state index in [0.717, 1.165) is 17.7 Å². The molecule has 5 nitrogen and oxygen atoms in total. The van der Waals surface area contributed by atoms with E-state index in [1.54, 1.807) is 42.7 Å². The van der Waals surface area contributed by atoms with Crippen molar-refractivity contribution in [2.75, 3.05) is 16.8 Å². The number of aryl methyl sites for hydroxylation is 1. The Balaban J connectivity index is 1.66. The number of rotatable bonds is 3. The van der Waals surface area contributed by atoms with Crippen LogP contribution in [-0.4, -0.2) is 23.3 Å². The van der Waals surface area contributed by atoms with Crippen LogP contribution in [0.15, 0.2) is 60.9 Å². The van der Waals surface area contributed by atoms with Crippen molar-refractivity contribution in [1.82, 2.24) is 4.98 Å². The molecule has 0 unspecified atom stereocenters. The Bertz CT molecular complexity index is 1310. The van der Waals surface area contributed by atoms with Gasteiger partial charge in [-0.25, -0.2) is 0 Å². The van der Waals surface area contributed by atoms with Gasteiger partial charge in [0.1, 0.15) is 0 Å². The highest BCUT2D eigenvalue weighted by molar-refractivity contribution is 6.08. The Morgan fingerprint density at radius 2 is 1.94 bits per heavy atom. The summed E-state index contributed by atoms with van der Waals surface area (Å²) in [6.07, 6.45) is -0.422. The van der Waals surface area contributed by atoms with Crippen LogP contribution < -0.4 is 10.2 Å². The van der Waals surface area contributed by atoms with Crippen LogP contribution in [0.3, 0.4) is 0 Å². The molecule has 0 radical (unpaired) electrons. The Hall–Kier alpha value is -4.12. The van der Waals surface area contributed by atoms with Crippen LogP contribution in [0.2, 0.25) is 0 Å². The van der Waals surface area contributed by atoms with Gasteiger partial charge in [0.05, 0.1) is 16.9 Å². The van der Waals surface area contributed by atoms with E-state index in [2.05, 4.69) is 22.1 Å². The van der Waals surface area contributed by atoms with Crippen LogP contribution in [0.5, 0.6) is 0 Å². The number of hydrogen-bond donors (Lipinski definition) is 1. The van der Waals surface area contributed by atoms with E-state index in [1.165, 1.54) is 11.0 Å². The van der Waals surface area contributed by atoms with Crippen molar-refractivity contribution < 1.29 is 22.8 Å². The molecule has 2 heterocycles. The molecule has 2 aromatic carbocycles. The maximum Gasteiger partial charge on any atom is 0.416 e. The van der Waals surface area contributed by atoms with Crippen LogP contribution in [0, 0.1) is 18.8 Å². The summed E-state index contributed by atoms with van der Waals surface area (Å²) in [6, 6.07) is 11.4. The number of carbonyl (C=O) groups is 2. The van der Waals surface area contributed by atoms with E-state index in [-0.39, 0.29) is 22.8 Å². The Kier molecular flexibility index (Phi) is 6.37. The second kappa shape index (κ2) is 9.40. The number of anilines is 2. The third-order valence-corrected chi connectivity index (χ3v) is 5.44. The van der Waals surface area contributed by atoms with Crippen molar-refractivity contribution in [1.29, 1.82) is 0 Å². The molecule has 0 saturated carbocycles. The zero-order valence-corrected chi connectivity index (χ0v) is 18.2. The van der Waals surface area contributed by atoms with Gasteiger partial charge in [0, 0.05) is 42.0 Å². The molecule has 2 amide bonds. The zero-order chi connectivity index (χ0) is 24.3. The molecule has 1 fully saturated rings. The molecule has 3 aromatic rings.